The summed E-state index contributed by atoms with van der Waals surface area (Å²) in [6.45, 7) is 1.41. The number of nitrogens with one attached hydrogen (secondary N) is 2. The molecule has 7 nitrogen and oxygen atoms in total. The largest absolute Gasteiger partial charge is 0.452 e. The van der Waals surface area contributed by atoms with Gasteiger partial charge in [0.15, 0.2) is 6.61 Å². The molecule has 2 aromatic rings. The zero-order chi connectivity index (χ0) is 18.2. The monoisotopic (exact) mass is 379 g/mol. The third kappa shape index (κ3) is 5.87. The van der Waals surface area contributed by atoms with Crippen molar-refractivity contribution in [3.63, 3.8) is 0 Å². The second-order valence-corrected chi connectivity index (χ2v) is 6.93. The number of imide groups is 1. The van der Waals surface area contributed by atoms with Crippen LogP contribution in [0.4, 0.5) is 4.79 Å². The van der Waals surface area contributed by atoms with Crippen molar-refractivity contribution < 1.29 is 19.1 Å². The number of aryl methyl sites for hydroxylation is 1. The lowest BCUT2D eigenvalue weighted by atomic mass is 10.2. The van der Waals surface area contributed by atoms with Gasteiger partial charge in [-0.05, 0) is 19.1 Å². The Kier molecular flexibility index (Phi) is 6.96. The number of thiazole rings is 1. The van der Waals surface area contributed by atoms with E-state index < -0.39 is 24.5 Å². The molecule has 2 N–H and O–H groups in total. The summed E-state index contributed by atoms with van der Waals surface area (Å²) in [4.78, 5) is 39.8. The average molecular weight is 379 g/mol. The molecule has 9 heteroatoms. The molecule has 0 radical (unpaired) electrons. The molecule has 2 rings (SSSR count). The number of esters is 1. The van der Waals surface area contributed by atoms with Crippen molar-refractivity contribution in [2.75, 3.05) is 13.7 Å². The maximum Gasteiger partial charge on any atom is 0.339 e. The van der Waals surface area contributed by atoms with E-state index in [-0.39, 0.29) is 0 Å². The van der Waals surface area contributed by atoms with Crippen LogP contribution in [0.1, 0.15) is 21.1 Å². The summed E-state index contributed by atoms with van der Waals surface area (Å²) in [7, 11) is 1.38. The van der Waals surface area contributed by atoms with Gasteiger partial charge in [-0.2, -0.15) is 0 Å². The molecule has 1 heterocycles. The Morgan fingerprint density at radius 1 is 1.28 bits per heavy atom. The van der Waals surface area contributed by atoms with Crippen LogP contribution in [0.5, 0.6) is 0 Å². The van der Waals surface area contributed by atoms with Crippen LogP contribution in [0, 0.1) is 6.92 Å². The first-order valence-electron chi connectivity index (χ1n) is 7.31. The van der Waals surface area contributed by atoms with Gasteiger partial charge in [0.1, 0.15) is 0 Å². The Labute approximate surface area is 153 Å². The zero-order valence-corrected chi connectivity index (χ0v) is 15.3. The van der Waals surface area contributed by atoms with Crippen molar-refractivity contribution >= 4 is 41.0 Å². The van der Waals surface area contributed by atoms with E-state index in [0.29, 0.717) is 11.3 Å². The molecule has 0 aliphatic rings. The van der Waals surface area contributed by atoms with Crippen LogP contribution in [0.25, 0.3) is 0 Å². The summed E-state index contributed by atoms with van der Waals surface area (Å²) in [5.74, 6) is -0.688. The molecule has 0 aliphatic heterocycles. The number of rotatable bonds is 6. The number of urea groups is 1. The molecule has 0 atom stereocenters. The van der Waals surface area contributed by atoms with Crippen LogP contribution in [0.3, 0.4) is 0 Å². The van der Waals surface area contributed by atoms with E-state index >= 15 is 0 Å². The predicted octanol–water partition coefficient (Wildman–Crippen LogP) is 2.36. The predicted molar refractivity (Wildman–Crippen MR) is 95.7 cm³/mol. The standard InChI is InChI=1S/C16H17N3O4S2/c1-10-18-11(8-24-10)9-25-13-6-4-3-5-12(13)15(21)23-7-14(20)19-16(22)17-2/h3-6,8H,7,9H2,1-2H3,(H2,17,19,20,22). The number of nitrogens with zero attached hydrogens (tertiary/aromatic N) is 1. The van der Waals surface area contributed by atoms with Crippen LogP contribution in [-0.2, 0) is 15.3 Å². The zero-order valence-electron chi connectivity index (χ0n) is 13.7. The van der Waals surface area contributed by atoms with Gasteiger partial charge in [0.05, 0.1) is 16.3 Å². The number of hydrogen-bond acceptors (Lipinski definition) is 7. The Hall–Kier alpha value is -2.39. The molecule has 1 aromatic heterocycles. The van der Waals surface area contributed by atoms with Crippen LogP contribution in [0.15, 0.2) is 34.5 Å². The van der Waals surface area contributed by atoms with Gasteiger partial charge in [0.25, 0.3) is 5.91 Å². The number of amides is 3. The molecular weight excluding hydrogens is 362 g/mol. The van der Waals surface area contributed by atoms with E-state index in [1.54, 1.807) is 23.5 Å². The molecular formula is C16H17N3O4S2. The minimum absolute atomic E-state index is 0.368. The smallest absolute Gasteiger partial charge is 0.339 e. The van der Waals surface area contributed by atoms with E-state index in [1.807, 2.05) is 29.8 Å². The van der Waals surface area contributed by atoms with Gasteiger partial charge < -0.3 is 10.1 Å². The maximum atomic E-state index is 12.2. The van der Waals surface area contributed by atoms with Crippen molar-refractivity contribution in [2.45, 2.75) is 17.6 Å². The molecule has 0 aliphatic carbocycles. The van der Waals surface area contributed by atoms with Crippen molar-refractivity contribution in [2.24, 2.45) is 0 Å². The van der Waals surface area contributed by atoms with Gasteiger partial charge in [-0.15, -0.1) is 23.1 Å². The average Bonchev–Trinajstić information content (AvgIpc) is 3.03. The first-order chi connectivity index (χ1) is 12.0. The second-order valence-electron chi connectivity index (χ2n) is 4.85. The Morgan fingerprint density at radius 2 is 2.04 bits per heavy atom. The fourth-order valence-electron chi connectivity index (χ4n) is 1.82. The summed E-state index contributed by atoms with van der Waals surface area (Å²) < 4.78 is 4.97. The number of thioether (sulfide) groups is 1. The summed E-state index contributed by atoms with van der Waals surface area (Å²) in [5.41, 5.74) is 1.31. The fraction of sp³-hybridized carbons (Fsp3) is 0.250. The Morgan fingerprint density at radius 3 is 2.72 bits per heavy atom. The lowest BCUT2D eigenvalue weighted by molar-refractivity contribution is -0.123. The third-order valence-electron chi connectivity index (χ3n) is 2.96. The Bertz CT molecular complexity index is 776. The molecule has 132 valence electrons. The van der Waals surface area contributed by atoms with E-state index in [4.69, 9.17) is 4.74 Å². The van der Waals surface area contributed by atoms with E-state index in [1.165, 1.54) is 18.8 Å². The highest BCUT2D eigenvalue weighted by molar-refractivity contribution is 7.98. The van der Waals surface area contributed by atoms with Gasteiger partial charge in [-0.25, -0.2) is 14.6 Å². The second kappa shape index (κ2) is 9.19. The topological polar surface area (TPSA) is 97.4 Å². The highest BCUT2D eigenvalue weighted by Gasteiger charge is 2.15. The lowest BCUT2D eigenvalue weighted by Crippen LogP contribution is -2.39. The van der Waals surface area contributed by atoms with Gasteiger partial charge in [0.2, 0.25) is 0 Å². The van der Waals surface area contributed by atoms with Gasteiger partial charge >= 0.3 is 12.0 Å². The minimum atomic E-state index is -0.698. The number of aromatic nitrogens is 1. The highest BCUT2D eigenvalue weighted by atomic mass is 32.2. The van der Waals surface area contributed by atoms with Crippen molar-refractivity contribution in [3.8, 4) is 0 Å². The highest BCUT2D eigenvalue weighted by Crippen LogP contribution is 2.27. The van der Waals surface area contributed by atoms with Crippen LogP contribution in [-0.4, -0.2) is 36.5 Å². The summed E-state index contributed by atoms with van der Waals surface area (Å²) in [5, 5.41) is 7.23. The van der Waals surface area contributed by atoms with Gasteiger partial charge in [-0.1, -0.05) is 12.1 Å². The summed E-state index contributed by atoms with van der Waals surface area (Å²) in [6, 6.07) is 6.33. The van der Waals surface area contributed by atoms with Crippen LogP contribution >= 0.6 is 23.1 Å². The molecule has 0 spiro atoms. The number of carbonyl (C=O) groups is 3. The first kappa shape index (κ1) is 18.9. The maximum absolute atomic E-state index is 12.2. The number of ether oxygens (including phenoxy) is 1. The van der Waals surface area contributed by atoms with Crippen molar-refractivity contribution in [1.29, 1.82) is 0 Å². The molecule has 0 saturated carbocycles. The minimum Gasteiger partial charge on any atom is -0.452 e. The first-order valence-corrected chi connectivity index (χ1v) is 9.17. The Balaban J connectivity index is 1.95. The fourth-order valence-corrected chi connectivity index (χ4v) is 3.47. The molecule has 3 amide bonds. The van der Waals surface area contributed by atoms with Crippen molar-refractivity contribution in [3.05, 3.63) is 45.9 Å². The summed E-state index contributed by atoms with van der Waals surface area (Å²) >= 11 is 3.04. The quantitative estimate of drug-likeness (QED) is 0.591. The summed E-state index contributed by atoms with van der Waals surface area (Å²) in [6.07, 6.45) is 0. The van der Waals surface area contributed by atoms with Crippen LogP contribution < -0.4 is 10.6 Å². The normalized spacial score (nSPS) is 10.2. The molecule has 0 saturated heterocycles. The molecule has 25 heavy (non-hydrogen) atoms. The van der Waals surface area contributed by atoms with Crippen LogP contribution in [0.2, 0.25) is 0 Å². The van der Waals surface area contributed by atoms with Gasteiger partial charge in [0, 0.05) is 23.1 Å². The molecule has 0 bridgehead atoms. The SMILES string of the molecule is CNC(=O)NC(=O)COC(=O)c1ccccc1SCc1csc(C)n1. The number of carbonyl (C=O) groups excluding carboxylic acids is 3. The molecule has 1 aromatic carbocycles. The number of benzene rings is 1. The van der Waals surface area contributed by atoms with E-state index in [0.717, 1.165) is 15.6 Å². The van der Waals surface area contributed by atoms with Gasteiger partial charge in [-0.3, -0.25) is 10.1 Å². The van der Waals surface area contributed by atoms with Crippen molar-refractivity contribution in [1.82, 2.24) is 15.6 Å². The lowest BCUT2D eigenvalue weighted by Gasteiger charge is -2.09. The molecule has 0 fully saturated rings. The number of hydrogen-bond donors (Lipinski definition) is 2. The molecule has 0 unspecified atom stereocenters. The van der Waals surface area contributed by atoms with E-state index in [2.05, 4.69) is 10.3 Å². The van der Waals surface area contributed by atoms with E-state index in [9.17, 15) is 14.4 Å². The third-order valence-corrected chi connectivity index (χ3v) is 4.89.